The van der Waals surface area contributed by atoms with Gasteiger partial charge < -0.3 is 5.11 Å². The van der Waals surface area contributed by atoms with Crippen molar-refractivity contribution in [2.75, 3.05) is 0 Å². The summed E-state index contributed by atoms with van der Waals surface area (Å²) in [5.74, 6) is -3.39. The Bertz CT molecular complexity index is 406. The first-order valence-electron chi connectivity index (χ1n) is 4.69. The first-order valence-corrected chi connectivity index (χ1v) is 4.69. The Kier molecular flexibility index (Phi) is 2.21. The molecule has 2 rings (SSSR count). The quantitative estimate of drug-likeness (QED) is 0.817. The summed E-state index contributed by atoms with van der Waals surface area (Å²) in [7, 11) is 0. The van der Waals surface area contributed by atoms with Gasteiger partial charge in [-0.05, 0) is 31.0 Å². The molecule has 1 N–H and O–H groups in total. The van der Waals surface area contributed by atoms with Crippen LogP contribution in [0.15, 0.2) is 12.1 Å². The second kappa shape index (κ2) is 3.29. The van der Waals surface area contributed by atoms with Crippen LogP contribution in [-0.4, -0.2) is 11.1 Å². The van der Waals surface area contributed by atoms with Crippen LogP contribution in [0, 0.1) is 24.5 Å². The highest BCUT2D eigenvalue weighted by atomic mass is 19.1. The number of halogens is 2. The van der Waals surface area contributed by atoms with Crippen LogP contribution in [0.1, 0.15) is 23.5 Å². The maximum Gasteiger partial charge on any atom is 0.307 e. The number of carboxylic acid groups (broad SMARTS) is 1. The Morgan fingerprint density at radius 2 is 1.93 bits per heavy atom. The van der Waals surface area contributed by atoms with Gasteiger partial charge >= 0.3 is 5.97 Å². The van der Waals surface area contributed by atoms with Gasteiger partial charge in [-0.3, -0.25) is 4.79 Å². The van der Waals surface area contributed by atoms with Crippen molar-refractivity contribution < 1.29 is 18.7 Å². The van der Waals surface area contributed by atoms with Gasteiger partial charge in [-0.15, -0.1) is 0 Å². The fraction of sp³-hybridized carbons (Fsp3) is 0.364. The molecule has 0 amide bonds. The molecule has 1 aliphatic carbocycles. The lowest BCUT2D eigenvalue weighted by atomic mass is 10.1. The number of aliphatic carboxylic acids is 1. The molecule has 0 aromatic heterocycles. The van der Waals surface area contributed by atoms with Crippen molar-refractivity contribution in [1.82, 2.24) is 0 Å². The fourth-order valence-corrected chi connectivity index (χ4v) is 1.85. The number of hydrogen-bond acceptors (Lipinski definition) is 1. The monoisotopic (exact) mass is 212 g/mol. The summed E-state index contributed by atoms with van der Waals surface area (Å²) >= 11 is 0. The highest BCUT2D eigenvalue weighted by Crippen LogP contribution is 2.49. The summed E-state index contributed by atoms with van der Waals surface area (Å²) in [6.07, 6.45) is 0.326. The Morgan fingerprint density at radius 1 is 1.40 bits per heavy atom. The van der Waals surface area contributed by atoms with Crippen LogP contribution in [0.5, 0.6) is 0 Å². The van der Waals surface area contributed by atoms with E-state index in [0.29, 0.717) is 12.0 Å². The first-order chi connectivity index (χ1) is 7.00. The van der Waals surface area contributed by atoms with E-state index in [1.165, 1.54) is 12.1 Å². The molecule has 0 radical (unpaired) electrons. The molecule has 4 heteroatoms. The summed E-state index contributed by atoms with van der Waals surface area (Å²) in [6, 6.07) is 2.46. The largest absolute Gasteiger partial charge is 0.481 e. The minimum absolute atomic E-state index is 0.0759. The van der Waals surface area contributed by atoms with E-state index in [9.17, 15) is 13.6 Å². The molecule has 1 aromatic rings. The molecular weight excluding hydrogens is 202 g/mol. The molecule has 1 aliphatic rings. The molecule has 0 saturated heterocycles. The first kappa shape index (κ1) is 10.1. The second-order valence-electron chi connectivity index (χ2n) is 3.93. The van der Waals surface area contributed by atoms with Crippen LogP contribution in [0.4, 0.5) is 8.78 Å². The SMILES string of the molecule is Cc1cc(F)c(C2CC2C(=O)O)c(F)c1. The van der Waals surface area contributed by atoms with Gasteiger partial charge in [0, 0.05) is 11.5 Å². The van der Waals surface area contributed by atoms with Gasteiger partial charge in [0.25, 0.3) is 0 Å². The molecule has 15 heavy (non-hydrogen) atoms. The van der Waals surface area contributed by atoms with Gasteiger partial charge in [0.05, 0.1) is 5.92 Å². The number of carbonyl (C=O) groups is 1. The molecule has 0 aliphatic heterocycles. The van der Waals surface area contributed by atoms with Crippen molar-refractivity contribution in [3.05, 3.63) is 34.9 Å². The van der Waals surface area contributed by atoms with Gasteiger partial charge in [-0.25, -0.2) is 8.78 Å². The molecule has 80 valence electrons. The van der Waals surface area contributed by atoms with E-state index in [-0.39, 0.29) is 5.56 Å². The van der Waals surface area contributed by atoms with E-state index in [0.717, 1.165) is 0 Å². The van der Waals surface area contributed by atoms with Crippen molar-refractivity contribution in [3.8, 4) is 0 Å². The highest BCUT2D eigenvalue weighted by molar-refractivity contribution is 5.75. The Balaban J connectivity index is 2.34. The number of rotatable bonds is 2. The van der Waals surface area contributed by atoms with E-state index in [1.807, 2.05) is 0 Å². The average molecular weight is 212 g/mol. The predicted octanol–water partition coefficient (Wildman–Crippen LogP) is 2.46. The molecule has 0 spiro atoms. The van der Waals surface area contributed by atoms with Gasteiger partial charge in [-0.2, -0.15) is 0 Å². The Hall–Kier alpha value is -1.45. The lowest BCUT2D eigenvalue weighted by Crippen LogP contribution is -2.02. The van der Waals surface area contributed by atoms with E-state index < -0.39 is 29.4 Å². The van der Waals surface area contributed by atoms with Crippen LogP contribution >= 0.6 is 0 Å². The van der Waals surface area contributed by atoms with E-state index in [4.69, 9.17) is 5.11 Å². The molecule has 1 aromatic carbocycles. The minimum Gasteiger partial charge on any atom is -0.481 e. The predicted molar refractivity (Wildman–Crippen MR) is 49.6 cm³/mol. The fourth-order valence-electron chi connectivity index (χ4n) is 1.85. The zero-order chi connectivity index (χ0) is 11.2. The van der Waals surface area contributed by atoms with E-state index in [1.54, 1.807) is 6.92 Å². The minimum atomic E-state index is -0.987. The van der Waals surface area contributed by atoms with Crippen LogP contribution in [-0.2, 0) is 4.79 Å². The molecule has 2 atom stereocenters. The summed E-state index contributed by atoms with van der Waals surface area (Å²) in [6.45, 7) is 1.59. The van der Waals surface area contributed by atoms with E-state index >= 15 is 0 Å². The third-order valence-corrected chi connectivity index (χ3v) is 2.70. The normalized spacial score (nSPS) is 23.9. The molecule has 0 bridgehead atoms. The zero-order valence-electron chi connectivity index (χ0n) is 8.13. The number of aryl methyl sites for hydroxylation is 1. The smallest absolute Gasteiger partial charge is 0.307 e. The topological polar surface area (TPSA) is 37.3 Å². The van der Waals surface area contributed by atoms with E-state index in [2.05, 4.69) is 0 Å². The average Bonchev–Trinajstić information content (AvgIpc) is 2.81. The van der Waals surface area contributed by atoms with Crippen molar-refractivity contribution in [2.24, 2.45) is 5.92 Å². The molecule has 2 nitrogen and oxygen atoms in total. The number of carboxylic acids is 1. The van der Waals surface area contributed by atoms with Crippen molar-refractivity contribution in [3.63, 3.8) is 0 Å². The van der Waals surface area contributed by atoms with Crippen LogP contribution < -0.4 is 0 Å². The summed E-state index contributed by atoms with van der Waals surface area (Å²) in [5.41, 5.74) is 0.425. The van der Waals surface area contributed by atoms with Crippen molar-refractivity contribution in [2.45, 2.75) is 19.3 Å². The standard InChI is InChI=1S/C11H10F2O2/c1-5-2-8(12)10(9(13)3-5)6-4-7(6)11(14)15/h2-3,6-7H,4H2,1H3,(H,14,15). The molecular formula is C11H10F2O2. The number of hydrogen-bond donors (Lipinski definition) is 1. The Morgan fingerprint density at radius 3 is 2.33 bits per heavy atom. The lowest BCUT2D eigenvalue weighted by Gasteiger charge is -2.04. The molecule has 0 heterocycles. The molecule has 1 saturated carbocycles. The highest BCUT2D eigenvalue weighted by Gasteiger charge is 2.46. The third kappa shape index (κ3) is 1.71. The number of benzene rings is 1. The van der Waals surface area contributed by atoms with Gasteiger partial charge in [0.15, 0.2) is 0 Å². The third-order valence-electron chi connectivity index (χ3n) is 2.70. The van der Waals surface area contributed by atoms with Gasteiger partial charge in [-0.1, -0.05) is 0 Å². The summed E-state index contributed by atoms with van der Waals surface area (Å²) in [5, 5.41) is 8.68. The van der Waals surface area contributed by atoms with Crippen LogP contribution in [0.25, 0.3) is 0 Å². The maximum absolute atomic E-state index is 13.4. The Labute approximate surface area is 85.5 Å². The summed E-state index contributed by atoms with van der Waals surface area (Å²) < 4.78 is 26.8. The molecule has 2 unspecified atom stereocenters. The van der Waals surface area contributed by atoms with Crippen LogP contribution in [0.2, 0.25) is 0 Å². The molecule has 1 fully saturated rings. The lowest BCUT2D eigenvalue weighted by molar-refractivity contribution is -0.138. The maximum atomic E-state index is 13.4. The van der Waals surface area contributed by atoms with Crippen LogP contribution in [0.3, 0.4) is 0 Å². The zero-order valence-corrected chi connectivity index (χ0v) is 8.13. The van der Waals surface area contributed by atoms with Gasteiger partial charge in [0.2, 0.25) is 0 Å². The second-order valence-corrected chi connectivity index (χ2v) is 3.93. The van der Waals surface area contributed by atoms with Crippen molar-refractivity contribution >= 4 is 5.97 Å². The van der Waals surface area contributed by atoms with Gasteiger partial charge in [0.1, 0.15) is 11.6 Å². The summed E-state index contributed by atoms with van der Waals surface area (Å²) in [4.78, 5) is 10.6. The van der Waals surface area contributed by atoms with Crippen molar-refractivity contribution in [1.29, 1.82) is 0 Å².